The summed E-state index contributed by atoms with van der Waals surface area (Å²) >= 11 is 0. The second-order valence-electron chi connectivity index (χ2n) is 6.25. The molecule has 2 unspecified atom stereocenters. The zero-order valence-corrected chi connectivity index (χ0v) is 10.7. The Labute approximate surface area is 98.5 Å². The minimum Gasteiger partial charge on any atom is -0.395 e. The highest BCUT2D eigenvalue weighted by Crippen LogP contribution is 2.53. The van der Waals surface area contributed by atoms with Gasteiger partial charge in [-0.1, -0.05) is 52.0 Å². The molecule has 0 aliphatic heterocycles. The van der Waals surface area contributed by atoms with Crippen LogP contribution in [0.3, 0.4) is 0 Å². The maximum Gasteiger partial charge on any atom is 0.0530 e. The van der Waals surface area contributed by atoms with E-state index < -0.39 is 0 Å². The standard InChI is InChI=1S/C15H22O/c1-11-9-15(11,10-16)13-7-5-12(6-8-13)14(2,3)4/h5-8,11,16H,9-10H2,1-4H3. The highest BCUT2D eigenvalue weighted by molar-refractivity contribution is 5.37. The van der Waals surface area contributed by atoms with Crippen LogP contribution in [0.2, 0.25) is 0 Å². The SMILES string of the molecule is CC1CC1(CO)c1ccc(C(C)(C)C)cc1. The van der Waals surface area contributed by atoms with Gasteiger partial charge in [0.15, 0.2) is 0 Å². The summed E-state index contributed by atoms with van der Waals surface area (Å²) in [5, 5.41) is 9.51. The molecule has 0 radical (unpaired) electrons. The third-order valence-electron chi connectivity index (χ3n) is 4.06. The molecule has 0 aromatic heterocycles. The Kier molecular flexibility index (Phi) is 2.62. The van der Waals surface area contributed by atoms with Gasteiger partial charge in [0.05, 0.1) is 6.61 Å². The Bertz CT molecular complexity index is 367. The van der Waals surface area contributed by atoms with Gasteiger partial charge in [-0.25, -0.2) is 0 Å². The monoisotopic (exact) mass is 218 g/mol. The van der Waals surface area contributed by atoms with Crippen molar-refractivity contribution in [2.45, 2.75) is 44.9 Å². The normalized spacial score (nSPS) is 29.2. The lowest BCUT2D eigenvalue weighted by Gasteiger charge is -2.21. The number of hydrogen-bond donors (Lipinski definition) is 1. The van der Waals surface area contributed by atoms with Crippen LogP contribution >= 0.6 is 0 Å². The molecule has 2 atom stereocenters. The van der Waals surface area contributed by atoms with Crippen LogP contribution in [0, 0.1) is 5.92 Å². The molecule has 88 valence electrons. The maximum absolute atomic E-state index is 9.51. The second-order valence-corrected chi connectivity index (χ2v) is 6.25. The molecule has 1 N–H and O–H groups in total. The summed E-state index contributed by atoms with van der Waals surface area (Å²) < 4.78 is 0. The van der Waals surface area contributed by atoms with Crippen LogP contribution in [0.15, 0.2) is 24.3 Å². The van der Waals surface area contributed by atoms with E-state index in [1.165, 1.54) is 11.1 Å². The van der Waals surface area contributed by atoms with Gasteiger partial charge < -0.3 is 5.11 Å². The van der Waals surface area contributed by atoms with Crippen LogP contribution < -0.4 is 0 Å². The molecule has 0 saturated heterocycles. The summed E-state index contributed by atoms with van der Waals surface area (Å²) in [7, 11) is 0. The zero-order valence-electron chi connectivity index (χ0n) is 10.7. The summed E-state index contributed by atoms with van der Waals surface area (Å²) in [5.74, 6) is 0.623. The average molecular weight is 218 g/mol. The quantitative estimate of drug-likeness (QED) is 0.808. The predicted octanol–water partition coefficient (Wildman–Crippen LogP) is 3.25. The minimum atomic E-state index is 0.0659. The molecular formula is C15H22O. The largest absolute Gasteiger partial charge is 0.395 e. The van der Waals surface area contributed by atoms with Gasteiger partial charge in [0, 0.05) is 5.41 Å². The molecule has 16 heavy (non-hydrogen) atoms. The van der Waals surface area contributed by atoms with Crippen LogP contribution in [0.1, 0.15) is 45.2 Å². The highest BCUT2D eigenvalue weighted by atomic mass is 16.3. The van der Waals surface area contributed by atoms with E-state index in [1.807, 2.05) is 0 Å². The van der Waals surface area contributed by atoms with E-state index in [4.69, 9.17) is 0 Å². The zero-order chi connectivity index (χ0) is 12.0. The number of hydrogen-bond acceptors (Lipinski definition) is 1. The van der Waals surface area contributed by atoms with Gasteiger partial charge in [0.1, 0.15) is 0 Å². The van der Waals surface area contributed by atoms with Crippen LogP contribution in [-0.4, -0.2) is 11.7 Å². The molecule has 1 aliphatic rings. The summed E-state index contributed by atoms with van der Waals surface area (Å²) in [5.41, 5.74) is 2.93. The van der Waals surface area contributed by atoms with Crippen molar-refractivity contribution in [2.75, 3.05) is 6.61 Å². The Balaban J connectivity index is 2.27. The summed E-state index contributed by atoms with van der Waals surface area (Å²) in [6.07, 6.45) is 1.12. The molecule has 1 heteroatoms. The van der Waals surface area contributed by atoms with E-state index in [2.05, 4.69) is 52.0 Å². The average Bonchev–Trinajstić information content (AvgIpc) is 2.90. The molecule has 1 aliphatic carbocycles. The fraction of sp³-hybridized carbons (Fsp3) is 0.600. The van der Waals surface area contributed by atoms with E-state index in [0.29, 0.717) is 5.92 Å². The van der Waals surface area contributed by atoms with Crippen LogP contribution in [-0.2, 0) is 10.8 Å². The molecule has 0 bridgehead atoms. The fourth-order valence-corrected chi connectivity index (χ4v) is 2.50. The molecule has 1 saturated carbocycles. The van der Waals surface area contributed by atoms with Crippen molar-refractivity contribution in [2.24, 2.45) is 5.92 Å². The molecule has 1 aromatic rings. The van der Waals surface area contributed by atoms with E-state index in [1.54, 1.807) is 0 Å². The lowest BCUT2D eigenvalue weighted by molar-refractivity contribution is 0.247. The molecule has 1 aromatic carbocycles. The van der Waals surface area contributed by atoms with Gasteiger partial charge in [-0.2, -0.15) is 0 Å². The lowest BCUT2D eigenvalue weighted by atomic mass is 9.85. The second kappa shape index (κ2) is 3.59. The topological polar surface area (TPSA) is 20.2 Å². The fourth-order valence-electron chi connectivity index (χ4n) is 2.50. The van der Waals surface area contributed by atoms with E-state index in [9.17, 15) is 5.11 Å². The lowest BCUT2D eigenvalue weighted by Crippen LogP contribution is -2.16. The Morgan fingerprint density at radius 1 is 1.25 bits per heavy atom. The van der Waals surface area contributed by atoms with Crippen molar-refractivity contribution in [3.8, 4) is 0 Å². The molecule has 1 nitrogen and oxygen atoms in total. The molecule has 2 rings (SSSR count). The summed E-state index contributed by atoms with van der Waals surface area (Å²) in [6, 6.07) is 8.80. The van der Waals surface area contributed by atoms with Gasteiger partial charge >= 0.3 is 0 Å². The Morgan fingerprint density at radius 2 is 1.75 bits per heavy atom. The van der Waals surface area contributed by atoms with Crippen LogP contribution in [0.4, 0.5) is 0 Å². The Morgan fingerprint density at radius 3 is 2.06 bits per heavy atom. The molecule has 0 spiro atoms. The predicted molar refractivity (Wildman–Crippen MR) is 67.7 cm³/mol. The first kappa shape index (κ1) is 11.7. The highest BCUT2D eigenvalue weighted by Gasteiger charge is 2.51. The van der Waals surface area contributed by atoms with Crippen molar-refractivity contribution < 1.29 is 5.11 Å². The van der Waals surface area contributed by atoms with Crippen molar-refractivity contribution in [1.29, 1.82) is 0 Å². The van der Waals surface area contributed by atoms with E-state index in [0.717, 1.165) is 6.42 Å². The third-order valence-corrected chi connectivity index (χ3v) is 4.06. The van der Waals surface area contributed by atoms with Crippen molar-refractivity contribution in [1.82, 2.24) is 0 Å². The first-order valence-electron chi connectivity index (χ1n) is 6.12. The number of aliphatic hydroxyl groups excluding tert-OH is 1. The first-order valence-corrected chi connectivity index (χ1v) is 6.12. The molecule has 0 heterocycles. The van der Waals surface area contributed by atoms with Crippen molar-refractivity contribution in [3.05, 3.63) is 35.4 Å². The van der Waals surface area contributed by atoms with Gasteiger partial charge in [-0.3, -0.25) is 0 Å². The maximum atomic E-state index is 9.51. The van der Waals surface area contributed by atoms with E-state index in [-0.39, 0.29) is 17.4 Å². The smallest absolute Gasteiger partial charge is 0.0530 e. The van der Waals surface area contributed by atoms with Crippen LogP contribution in [0.5, 0.6) is 0 Å². The van der Waals surface area contributed by atoms with Gasteiger partial charge in [-0.05, 0) is 28.9 Å². The molecular weight excluding hydrogens is 196 g/mol. The summed E-state index contributed by atoms with van der Waals surface area (Å²) in [6.45, 7) is 9.17. The minimum absolute atomic E-state index is 0.0659. The van der Waals surface area contributed by atoms with Crippen molar-refractivity contribution >= 4 is 0 Å². The van der Waals surface area contributed by atoms with E-state index >= 15 is 0 Å². The summed E-state index contributed by atoms with van der Waals surface area (Å²) in [4.78, 5) is 0. The Hall–Kier alpha value is -0.820. The van der Waals surface area contributed by atoms with Crippen molar-refractivity contribution in [3.63, 3.8) is 0 Å². The molecule has 0 amide bonds. The van der Waals surface area contributed by atoms with Crippen LogP contribution in [0.25, 0.3) is 0 Å². The van der Waals surface area contributed by atoms with Gasteiger partial charge in [-0.15, -0.1) is 0 Å². The number of rotatable bonds is 2. The third kappa shape index (κ3) is 1.78. The number of aliphatic hydroxyl groups is 1. The molecule has 1 fully saturated rings. The van der Waals surface area contributed by atoms with Gasteiger partial charge in [0.25, 0.3) is 0 Å². The number of benzene rings is 1. The van der Waals surface area contributed by atoms with Gasteiger partial charge in [0.2, 0.25) is 0 Å². The first-order chi connectivity index (χ1) is 7.40.